The normalized spacial score (nSPS) is 11.0. The number of allylic oxidation sites excluding steroid dienone is 2. The van der Waals surface area contributed by atoms with Crippen LogP contribution in [0.2, 0.25) is 0 Å². The van der Waals surface area contributed by atoms with Crippen LogP contribution >= 0.6 is 0 Å². The highest BCUT2D eigenvalue weighted by atomic mass is 14.0. The summed E-state index contributed by atoms with van der Waals surface area (Å²) in [6.45, 7) is 4.30. The lowest BCUT2D eigenvalue weighted by Crippen LogP contribution is -1.86. The minimum absolute atomic E-state index is 1.16. The molecule has 0 aliphatic heterocycles. The molecule has 1 aromatic carbocycles. The lowest BCUT2D eigenvalue weighted by atomic mass is 10.0. The molecule has 0 atom stereocenters. The molecule has 0 heterocycles. The number of benzene rings is 1. The molecule has 14 heavy (non-hydrogen) atoms. The van der Waals surface area contributed by atoms with Crippen molar-refractivity contribution >= 4 is 0 Å². The average Bonchev–Trinajstić information content (AvgIpc) is 2.21. The Bertz CT molecular complexity index is 267. The zero-order valence-corrected chi connectivity index (χ0v) is 9.29. The second-order valence-electron chi connectivity index (χ2n) is 3.67. The molecule has 0 amide bonds. The molecule has 0 heteroatoms. The van der Waals surface area contributed by atoms with Gasteiger partial charge in [0.25, 0.3) is 0 Å². The number of rotatable bonds is 5. The van der Waals surface area contributed by atoms with E-state index >= 15 is 0 Å². The second kappa shape index (κ2) is 6.42. The molecule has 0 N–H and O–H groups in total. The van der Waals surface area contributed by atoms with Gasteiger partial charge in [0.05, 0.1) is 0 Å². The largest absolute Gasteiger partial charge is 0.0917 e. The van der Waals surface area contributed by atoms with Crippen LogP contribution in [0.15, 0.2) is 36.4 Å². The summed E-state index contributed by atoms with van der Waals surface area (Å²) in [5.41, 5.74) is 2.91. The Morgan fingerprint density at radius 1 is 1.00 bits per heavy atom. The maximum absolute atomic E-state index is 2.26. The summed E-state index contributed by atoms with van der Waals surface area (Å²) in [7, 11) is 0. The zero-order chi connectivity index (χ0) is 10.2. The molecular formula is C14H20. The molecule has 0 bridgehead atoms. The van der Waals surface area contributed by atoms with Gasteiger partial charge in [-0.2, -0.15) is 0 Å². The van der Waals surface area contributed by atoms with Gasteiger partial charge < -0.3 is 0 Å². The Morgan fingerprint density at radius 3 is 2.07 bits per heavy atom. The molecule has 76 valence electrons. The lowest BCUT2D eigenvalue weighted by molar-refractivity contribution is 0.917. The first-order valence-corrected chi connectivity index (χ1v) is 5.55. The van der Waals surface area contributed by atoms with Crippen LogP contribution in [-0.4, -0.2) is 0 Å². The van der Waals surface area contributed by atoms with E-state index in [0.717, 1.165) is 12.8 Å². The summed E-state index contributed by atoms with van der Waals surface area (Å²) in [6.07, 6.45) is 9.10. The smallest absolute Gasteiger partial charge is 0.0244 e. The van der Waals surface area contributed by atoms with Crippen molar-refractivity contribution in [2.24, 2.45) is 0 Å². The van der Waals surface area contributed by atoms with E-state index in [1.54, 1.807) is 0 Å². The first-order valence-electron chi connectivity index (χ1n) is 5.55. The minimum Gasteiger partial charge on any atom is -0.0917 e. The molecule has 0 radical (unpaired) electrons. The van der Waals surface area contributed by atoms with Gasteiger partial charge in [-0.1, -0.05) is 49.8 Å². The van der Waals surface area contributed by atoms with Crippen molar-refractivity contribution in [1.29, 1.82) is 0 Å². The molecule has 0 nitrogen and oxygen atoms in total. The van der Waals surface area contributed by atoms with Gasteiger partial charge in [0.2, 0.25) is 0 Å². The molecule has 1 rings (SSSR count). The van der Waals surface area contributed by atoms with Gasteiger partial charge in [-0.05, 0) is 37.3 Å². The molecule has 0 unspecified atom stereocenters. The number of hydrogen-bond acceptors (Lipinski definition) is 0. The third-order valence-corrected chi connectivity index (χ3v) is 2.40. The molecule has 0 spiro atoms. The van der Waals surface area contributed by atoms with Crippen molar-refractivity contribution in [3.63, 3.8) is 0 Å². The van der Waals surface area contributed by atoms with Crippen LogP contribution in [0.3, 0.4) is 0 Å². The molecule has 0 aliphatic carbocycles. The predicted molar refractivity (Wildman–Crippen MR) is 63.6 cm³/mol. The van der Waals surface area contributed by atoms with Gasteiger partial charge in [-0.15, -0.1) is 0 Å². The average molecular weight is 188 g/mol. The zero-order valence-electron chi connectivity index (χ0n) is 9.29. The van der Waals surface area contributed by atoms with Gasteiger partial charge in [0.15, 0.2) is 0 Å². The highest BCUT2D eigenvalue weighted by Gasteiger charge is 1.92. The maximum atomic E-state index is 2.26. The predicted octanol–water partition coefficient (Wildman–Crippen LogP) is 4.15. The fourth-order valence-corrected chi connectivity index (χ4v) is 1.58. The Balaban J connectivity index is 2.46. The van der Waals surface area contributed by atoms with Gasteiger partial charge in [-0.3, -0.25) is 0 Å². The fourth-order valence-electron chi connectivity index (χ4n) is 1.58. The van der Waals surface area contributed by atoms with Crippen LogP contribution in [0.5, 0.6) is 0 Å². The molecule has 1 aromatic rings. The Labute approximate surface area is 87.7 Å². The van der Waals surface area contributed by atoms with Crippen LogP contribution in [0.4, 0.5) is 0 Å². The van der Waals surface area contributed by atoms with Crippen molar-refractivity contribution < 1.29 is 0 Å². The van der Waals surface area contributed by atoms with Crippen LogP contribution in [0, 0.1) is 0 Å². The number of hydrogen-bond donors (Lipinski definition) is 0. The second-order valence-corrected chi connectivity index (χ2v) is 3.67. The quantitative estimate of drug-likeness (QED) is 0.609. The summed E-state index contributed by atoms with van der Waals surface area (Å²) in [6, 6.07) is 9.03. The molecule has 0 aliphatic rings. The SMILES string of the molecule is C/C=C\CCc1ccc(CCC)cc1. The van der Waals surface area contributed by atoms with E-state index in [1.165, 1.54) is 24.0 Å². The van der Waals surface area contributed by atoms with Gasteiger partial charge in [-0.25, -0.2) is 0 Å². The summed E-state index contributed by atoms with van der Waals surface area (Å²) >= 11 is 0. The van der Waals surface area contributed by atoms with E-state index in [1.807, 2.05) is 0 Å². The van der Waals surface area contributed by atoms with Gasteiger partial charge >= 0.3 is 0 Å². The number of aryl methyl sites for hydroxylation is 2. The van der Waals surface area contributed by atoms with Crippen molar-refractivity contribution in [2.75, 3.05) is 0 Å². The lowest BCUT2D eigenvalue weighted by Gasteiger charge is -2.01. The summed E-state index contributed by atoms with van der Waals surface area (Å²) < 4.78 is 0. The van der Waals surface area contributed by atoms with Crippen LogP contribution in [-0.2, 0) is 12.8 Å². The highest BCUT2D eigenvalue weighted by molar-refractivity contribution is 5.22. The summed E-state index contributed by atoms with van der Waals surface area (Å²) in [5.74, 6) is 0. The van der Waals surface area contributed by atoms with Crippen molar-refractivity contribution in [3.8, 4) is 0 Å². The molecule has 0 saturated carbocycles. The van der Waals surface area contributed by atoms with Crippen LogP contribution < -0.4 is 0 Å². The standard InChI is InChI=1S/C14H20/c1-3-5-6-8-14-11-9-13(7-4-2)10-12-14/h3,5,9-12H,4,6-8H2,1-2H3/b5-3-. The van der Waals surface area contributed by atoms with E-state index in [0.29, 0.717) is 0 Å². The highest BCUT2D eigenvalue weighted by Crippen LogP contribution is 2.08. The topological polar surface area (TPSA) is 0 Å². The molecular weight excluding hydrogens is 168 g/mol. The van der Waals surface area contributed by atoms with E-state index in [-0.39, 0.29) is 0 Å². The van der Waals surface area contributed by atoms with Crippen molar-refractivity contribution in [3.05, 3.63) is 47.5 Å². The maximum Gasteiger partial charge on any atom is -0.0244 e. The third kappa shape index (κ3) is 3.78. The van der Waals surface area contributed by atoms with E-state index in [9.17, 15) is 0 Å². The summed E-state index contributed by atoms with van der Waals surface area (Å²) in [5, 5.41) is 0. The van der Waals surface area contributed by atoms with E-state index in [4.69, 9.17) is 0 Å². The Hall–Kier alpha value is -1.04. The summed E-state index contributed by atoms with van der Waals surface area (Å²) in [4.78, 5) is 0. The van der Waals surface area contributed by atoms with Crippen molar-refractivity contribution in [1.82, 2.24) is 0 Å². The van der Waals surface area contributed by atoms with Gasteiger partial charge in [0.1, 0.15) is 0 Å². The van der Waals surface area contributed by atoms with Gasteiger partial charge in [0, 0.05) is 0 Å². The molecule has 0 saturated heterocycles. The van der Waals surface area contributed by atoms with Crippen LogP contribution in [0.25, 0.3) is 0 Å². The van der Waals surface area contributed by atoms with E-state index < -0.39 is 0 Å². The minimum atomic E-state index is 1.16. The van der Waals surface area contributed by atoms with Crippen molar-refractivity contribution in [2.45, 2.75) is 39.5 Å². The van der Waals surface area contributed by atoms with E-state index in [2.05, 4.69) is 50.3 Å². The third-order valence-electron chi connectivity index (χ3n) is 2.40. The first-order chi connectivity index (χ1) is 6.86. The Morgan fingerprint density at radius 2 is 1.57 bits per heavy atom. The Kier molecular flexibility index (Phi) is 5.06. The van der Waals surface area contributed by atoms with Crippen LogP contribution in [0.1, 0.15) is 37.8 Å². The fraction of sp³-hybridized carbons (Fsp3) is 0.429. The molecule has 0 aromatic heterocycles. The molecule has 0 fully saturated rings. The monoisotopic (exact) mass is 188 g/mol. The first kappa shape index (κ1) is 11.0.